The maximum Gasteiger partial charge on any atom is 0.168 e. The Bertz CT molecular complexity index is 841. The van der Waals surface area contributed by atoms with Crippen LogP contribution in [0.5, 0.6) is 0 Å². The topological polar surface area (TPSA) is 41.1 Å². The molecule has 0 heterocycles. The quantitative estimate of drug-likeness (QED) is 0.702. The van der Waals surface area contributed by atoms with Gasteiger partial charge in [0, 0.05) is 24.4 Å². The molecule has 0 unspecified atom stereocenters. The molecular formula is C23H26N2OS. The number of rotatable bonds is 6. The minimum absolute atomic E-state index is 0.0575. The van der Waals surface area contributed by atoms with Gasteiger partial charge in [-0.05, 0) is 36.0 Å². The molecule has 2 aromatic rings. The highest BCUT2D eigenvalue weighted by atomic mass is 32.1. The van der Waals surface area contributed by atoms with Crippen LogP contribution in [0.1, 0.15) is 32.3 Å². The second-order valence-corrected chi connectivity index (χ2v) is 8.19. The molecule has 2 N–H and O–H groups in total. The maximum absolute atomic E-state index is 12.9. The highest BCUT2D eigenvalue weighted by molar-refractivity contribution is 7.81. The van der Waals surface area contributed by atoms with Crippen LogP contribution < -0.4 is 10.6 Å². The average Bonchev–Trinajstić information content (AvgIpc) is 2.62. The van der Waals surface area contributed by atoms with Crippen molar-refractivity contribution in [1.82, 2.24) is 5.32 Å². The molecule has 1 aliphatic rings. The van der Waals surface area contributed by atoms with Gasteiger partial charge in [-0.25, -0.2) is 0 Å². The number of nitrogens with one attached hydrogen (secondary N) is 2. The first kappa shape index (κ1) is 19.3. The highest BCUT2D eigenvalue weighted by Crippen LogP contribution is 2.36. The summed E-state index contributed by atoms with van der Waals surface area (Å²) in [6, 6.07) is 20.1. The molecule has 0 atom stereocenters. The lowest BCUT2D eigenvalue weighted by Gasteiger charge is -2.33. The number of anilines is 1. The number of benzene rings is 2. The van der Waals surface area contributed by atoms with Gasteiger partial charge >= 0.3 is 0 Å². The van der Waals surface area contributed by atoms with E-state index in [4.69, 9.17) is 12.2 Å². The van der Waals surface area contributed by atoms with E-state index in [0.29, 0.717) is 17.0 Å². The number of Topliss-reactive ketones (excluding diaryl/α,β-unsaturated/α-hetero) is 1. The fraction of sp³-hybridized carbons (Fsp3) is 0.304. The van der Waals surface area contributed by atoms with Gasteiger partial charge in [-0.15, -0.1) is 0 Å². The Balaban J connectivity index is 1.77. The van der Waals surface area contributed by atoms with Crippen molar-refractivity contribution in [3.05, 3.63) is 77.5 Å². The summed E-state index contributed by atoms with van der Waals surface area (Å²) in [6.45, 7) is 5.04. The van der Waals surface area contributed by atoms with Crippen LogP contribution in [-0.2, 0) is 11.2 Å². The lowest BCUT2D eigenvalue weighted by Crippen LogP contribution is -2.36. The number of thiocarbonyl (C=S) groups is 1. The summed E-state index contributed by atoms with van der Waals surface area (Å²) in [4.78, 5) is 13.4. The van der Waals surface area contributed by atoms with Gasteiger partial charge in [0.15, 0.2) is 5.78 Å². The Morgan fingerprint density at radius 2 is 1.63 bits per heavy atom. The van der Waals surface area contributed by atoms with Gasteiger partial charge in [-0.2, -0.15) is 0 Å². The lowest BCUT2D eigenvalue weighted by molar-refractivity contribution is -0.117. The first-order valence-electron chi connectivity index (χ1n) is 9.35. The summed E-state index contributed by atoms with van der Waals surface area (Å²) in [7, 11) is 0. The van der Waals surface area contributed by atoms with Gasteiger partial charge in [-0.1, -0.05) is 74.6 Å². The SMILES string of the molecule is CC1(C)CC(=O)C(C(=S)Nc2ccccc2)=C(NCCc2ccccc2)C1. The van der Waals surface area contributed by atoms with Crippen molar-refractivity contribution in [2.45, 2.75) is 33.1 Å². The van der Waals surface area contributed by atoms with Crippen LogP contribution in [0.3, 0.4) is 0 Å². The van der Waals surface area contributed by atoms with Crippen LogP contribution in [0.15, 0.2) is 71.9 Å². The minimum atomic E-state index is -0.0575. The van der Waals surface area contributed by atoms with Gasteiger partial charge in [-0.3, -0.25) is 4.79 Å². The van der Waals surface area contributed by atoms with Crippen LogP contribution >= 0.6 is 12.2 Å². The zero-order valence-corrected chi connectivity index (χ0v) is 16.7. The molecule has 0 radical (unpaired) electrons. The third kappa shape index (κ3) is 5.27. The molecule has 27 heavy (non-hydrogen) atoms. The second-order valence-electron chi connectivity index (χ2n) is 7.78. The lowest BCUT2D eigenvalue weighted by atomic mass is 9.75. The molecule has 0 fully saturated rings. The van der Waals surface area contributed by atoms with E-state index in [9.17, 15) is 4.79 Å². The van der Waals surface area contributed by atoms with Crippen molar-refractivity contribution in [3.63, 3.8) is 0 Å². The maximum atomic E-state index is 12.9. The highest BCUT2D eigenvalue weighted by Gasteiger charge is 2.34. The van der Waals surface area contributed by atoms with Crippen molar-refractivity contribution >= 4 is 28.7 Å². The predicted molar refractivity (Wildman–Crippen MR) is 116 cm³/mol. The van der Waals surface area contributed by atoms with Crippen LogP contribution in [0.25, 0.3) is 0 Å². The number of hydrogen-bond donors (Lipinski definition) is 2. The van der Waals surface area contributed by atoms with E-state index in [1.54, 1.807) is 0 Å². The smallest absolute Gasteiger partial charge is 0.168 e. The number of carbonyl (C=O) groups excluding carboxylic acids is 1. The fourth-order valence-electron chi connectivity index (χ4n) is 3.45. The molecule has 0 bridgehead atoms. The van der Waals surface area contributed by atoms with Crippen LogP contribution in [0.2, 0.25) is 0 Å². The third-order valence-electron chi connectivity index (χ3n) is 4.73. The Hall–Kier alpha value is -2.46. The second kappa shape index (κ2) is 8.49. The molecule has 4 heteroatoms. The molecule has 0 spiro atoms. The summed E-state index contributed by atoms with van der Waals surface area (Å²) in [6.07, 6.45) is 2.24. The van der Waals surface area contributed by atoms with E-state index in [1.165, 1.54) is 5.56 Å². The van der Waals surface area contributed by atoms with E-state index in [0.717, 1.165) is 30.8 Å². The van der Waals surface area contributed by atoms with Crippen molar-refractivity contribution in [3.8, 4) is 0 Å². The van der Waals surface area contributed by atoms with Crippen LogP contribution in [0, 0.1) is 5.41 Å². The molecular weight excluding hydrogens is 352 g/mol. The summed E-state index contributed by atoms with van der Waals surface area (Å²) >= 11 is 5.60. The first-order valence-corrected chi connectivity index (χ1v) is 9.76. The monoisotopic (exact) mass is 378 g/mol. The summed E-state index contributed by atoms with van der Waals surface area (Å²) in [5, 5.41) is 6.72. The molecule has 2 aromatic carbocycles. The molecule has 0 saturated carbocycles. The van der Waals surface area contributed by atoms with E-state index in [-0.39, 0.29) is 11.2 Å². The van der Waals surface area contributed by atoms with Crippen molar-refractivity contribution in [2.24, 2.45) is 5.41 Å². The predicted octanol–water partition coefficient (Wildman–Crippen LogP) is 4.90. The summed E-state index contributed by atoms with van der Waals surface area (Å²) in [5.74, 6) is 0.113. The largest absolute Gasteiger partial charge is 0.387 e. The molecule has 3 nitrogen and oxygen atoms in total. The van der Waals surface area contributed by atoms with E-state index >= 15 is 0 Å². The number of carbonyl (C=O) groups is 1. The molecule has 0 saturated heterocycles. The summed E-state index contributed by atoms with van der Waals surface area (Å²) in [5.41, 5.74) is 3.72. The van der Waals surface area contributed by atoms with Crippen LogP contribution in [-0.4, -0.2) is 17.3 Å². The van der Waals surface area contributed by atoms with Gasteiger partial charge < -0.3 is 10.6 Å². The van der Waals surface area contributed by atoms with Gasteiger partial charge in [0.05, 0.1) is 5.57 Å². The first-order chi connectivity index (χ1) is 12.9. The summed E-state index contributed by atoms with van der Waals surface area (Å²) < 4.78 is 0. The molecule has 0 aromatic heterocycles. The van der Waals surface area contributed by atoms with Gasteiger partial charge in [0.2, 0.25) is 0 Å². The molecule has 0 aliphatic heterocycles. The van der Waals surface area contributed by atoms with Gasteiger partial charge in [0.25, 0.3) is 0 Å². The Morgan fingerprint density at radius 1 is 1.00 bits per heavy atom. The third-order valence-corrected chi connectivity index (χ3v) is 5.03. The Morgan fingerprint density at radius 3 is 2.30 bits per heavy atom. The van der Waals surface area contributed by atoms with Crippen molar-refractivity contribution < 1.29 is 4.79 Å². The number of para-hydroxylation sites is 1. The molecule has 1 aliphatic carbocycles. The standard InChI is InChI=1S/C23H26N2OS/c1-23(2)15-19(24-14-13-17-9-5-3-6-10-17)21(20(26)16-23)22(27)25-18-11-7-4-8-12-18/h3-12,24H,13-16H2,1-2H3,(H,25,27). The average molecular weight is 379 g/mol. The Kier molecular flexibility index (Phi) is 6.07. The van der Waals surface area contributed by atoms with Crippen molar-refractivity contribution in [1.29, 1.82) is 0 Å². The van der Waals surface area contributed by atoms with E-state index in [1.807, 2.05) is 48.5 Å². The zero-order chi connectivity index (χ0) is 19.3. The molecule has 3 rings (SSSR count). The molecule has 140 valence electrons. The van der Waals surface area contributed by atoms with Gasteiger partial charge in [0.1, 0.15) is 4.99 Å². The number of ketones is 1. The minimum Gasteiger partial charge on any atom is -0.387 e. The zero-order valence-electron chi connectivity index (χ0n) is 15.9. The normalized spacial score (nSPS) is 16.1. The van der Waals surface area contributed by atoms with Crippen molar-refractivity contribution in [2.75, 3.05) is 11.9 Å². The fourth-order valence-corrected chi connectivity index (χ4v) is 3.81. The number of allylic oxidation sites excluding steroid dienone is 1. The number of hydrogen-bond acceptors (Lipinski definition) is 3. The van der Waals surface area contributed by atoms with Crippen LogP contribution in [0.4, 0.5) is 5.69 Å². The van der Waals surface area contributed by atoms with E-state index in [2.05, 4.69) is 36.6 Å². The molecule has 0 amide bonds. The Labute approximate surface area is 166 Å². The van der Waals surface area contributed by atoms with E-state index < -0.39 is 0 Å².